The third kappa shape index (κ3) is 12.1. The van der Waals surface area contributed by atoms with Crippen LogP contribution in [0, 0.1) is 5.92 Å². The molecule has 1 amide bonds. The molecule has 4 unspecified atom stereocenters. The van der Waals surface area contributed by atoms with Gasteiger partial charge in [0.2, 0.25) is 23.6 Å². The molecule has 0 bridgehead atoms. The summed E-state index contributed by atoms with van der Waals surface area (Å²) in [6, 6.07) is 0. The summed E-state index contributed by atoms with van der Waals surface area (Å²) in [5, 5.41) is 35.8. The Balaban J connectivity index is 0.877. The molecule has 40 nitrogen and oxygen atoms in total. The first kappa shape index (κ1) is 59.0. The van der Waals surface area contributed by atoms with Gasteiger partial charge in [0.15, 0.2) is 41.4 Å². The van der Waals surface area contributed by atoms with E-state index in [2.05, 4.69) is 53.8 Å². The van der Waals surface area contributed by atoms with Gasteiger partial charge in [0.05, 0.1) is 45.6 Å². The lowest BCUT2D eigenvalue weighted by molar-refractivity contribution is -0.745. The summed E-state index contributed by atoms with van der Waals surface area (Å²) in [4.78, 5) is 109. The monoisotopic (exact) mass is 1220 g/mol. The number of phosphoric ester groups is 3. The number of nitrogens with one attached hydrogen (secondary N) is 3. The minimum absolute atomic E-state index is 0.00421. The molecule has 9 heterocycles. The SMILES string of the molecule is CCNC(=O)C[C@H]1[C@@H](O)[C@H]([n+]2cn(C)c3c(=O)[nH]c(N)nc32)O[C@@H]1COP(=O)(O)OP(=O)(O)OP(=O)(O)OC[C@H]1O[C@@H](n2cnc3c(N)ncnc32)[C@H](OC)[C@@H]1OP(=O)(O)OC[C@H]1O[C@@H](n2cnc3c(=O)[nH]c(N)nc32)[C@H](O)[C@@H]1O. The van der Waals surface area contributed by atoms with Crippen molar-refractivity contribution in [3.05, 3.63) is 46.0 Å². The van der Waals surface area contributed by atoms with Crippen molar-refractivity contribution in [1.82, 2.24) is 58.9 Å². The number of carbonyl (C=O) groups is 1. The Kier molecular flexibility index (Phi) is 16.7. The Hall–Kier alpha value is -5.64. The summed E-state index contributed by atoms with van der Waals surface area (Å²) in [6.45, 7) is -1.55. The molecule has 3 aliphatic rings. The van der Waals surface area contributed by atoms with E-state index in [1.807, 2.05) is 0 Å². The van der Waals surface area contributed by atoms with Crippen LogP contribution in [0.3, 0.4) is 0 Å². The highest BCUT2D eigenvalue weighted by atomic mass is 31.3. The molecule has 3 fully saturated rings. The molecule has 3 saturated heterocycles. The summed E-state index contributed by atoms with van der Waals surface area (Å²) >= 11 is 0. The van der Waals surface area contributed by atoms with E-state index in [4.69, 9.17) is 54.2 Å². The molecular weight excluding hydrogens is 1160 g/mol. The number of hydrogen-bond acceptors (Lipinski definition) is 29. The van der Waals surface area contributed by atoms with Gasteiger partial charge in [-0.3, -0.25) is 56.1 Å². The van der Waals surface area contributed by atoms with Crippen molar-refractivity contribution in [2.24, 2.45) is 13.0 Å². The van der Waals surface area contributed by atoms with Gasteiger partial charge in [-0.2, -0.15) is 13.6 Å². The van der Waals surface area contributed by atoms with Gasteiger partial charge < -0.3 is 76.4 Å². The lowest BCUT2D eigenvalue weighted by Gasteiger charge is -2.26. The molecule has 44 heteroatoms. The molecule has 6 aromatic rings. The summed E-state index contributed by atoms with van der Waals surface area (Å²) in [5.41, 5.74) is 15.6. The van der Waals surface area contributed by atoms with Crippen molar-refractivity contribution in [1.29, 1.82) is 0 Å². The van der Waals surface area contributed by atoms with E-state index < -0.39 is 148 Å². The molecular formula is C36H51N16O24P4+. The normalized spacial score (nSPS) is 29.2. The van der Waals surface area contributed by atoms with Crippen LogP contribution in [0.4, 0.5) is 17.7 Å². The quantitative estimate of drug-likeness (QED) is 0.0228. The first-order valence-electron chi connectivity index (χ1n) is 23.2. The molecule has 16 N–H and O–H groups in total. The number of aromatic nitrogens is 12. The van der Waals surface area contributed by atoms with E-state index in [-0.39, 0.29) is 57.8 Å². The number of aliphatic hydroxyl groups excluding tert-OH is 3. The Bertz CT molecular complexity index is 3640. The molecule has 0 aromatic carbocycles. The second-order valence-corrected chi connectivity index (χ2v) is 23.8. The Morgan fingerprint density at radius 1 is 0.738 bits per heavy atom. The van der Waals surface area contributed by atoms with Crippen LogP contribution in [0.25, 0.3) is 33.5 Å². The lowest BCUT2D eigenvalue weighted by atomic mass is 9.94. The van der Waals surface area contributed by atoms with Crippen molar-refractivity contribution in [3.63, 3.8) is 0 Å². The van der Waals surface area contributed by atoms with Gasteiger partial charge in [0.1, 0.15) is 54.6 Å². The fraction of sp³-hybridized carbons (Fsp3) is 0.556. The number of aromatic amines is 2. The van der Waals surface area contributed by atoms with Crippen molar-refractivity contribution < 1.29 is 108 Å². The predicted octanol–water partition coefficient (Wildman–Crippen LogP) is -3.93. The third-order valence-electron chi connectivity index (χ3n) is 12.5. The maximum absolute atomic E-state index is 13.7. The number of methoxy groups -OCH3 is 1. The first-order chi connectivity index (χ1) is 37.6. The van der Waals surface area contributed by atoms with Crippen LogP contribution in [0.15, 0.2) is 34.9 Å². The van der Waals surface area contributed by atoms with Gasteiger partial charge in [-0.25, -0.2) is 42.8 Å². The van der Waals surface area contributed by atoms with Crippen molar-refractivity contribution >= 4 is 88.4 Å². The Labute approximate surface area is 445 Å². The highest BCUT2D eigenvalue weighted by Crippen LogP contribution is 2.68. The number of H-pyrrole nitrogens is 2. The smallest absolute Gasteiger partial charge is 0.387 e. The fourth-order valence-electron chi connectivity index (χ4n) is 9.11. The van der Waals surface area contributed by atoms with Crippen LogP contribution < -0.4 is 38.2 Å². The molecule has 3 aliphatic heterocycles. The highest BCUT2D eigenvalue weighted by Gasteiger charge is 2.54. The molecule has 9 rings (SSSR count). The number of carbonyl (C=O) groups excluding carboxylic acids is 1. The fourth-order valence-corrected chi connectivity index (χ4v) is 13.6. The minimum Gasteiger partial charge on any atom is -0.387 e. The van der Waals surface area contributed by atoms with Gasteiger partial charge in [-0.15, -0.1) is 0 Å². The number of anilines is 3. The van der Waals surface area contributed by atoms with E-state index in [0.717, 1.165) is 30.7 Å². The number of amides is 1. The second kappa shape index (κ2) is 22.6. The number of phosphoric acid groups is 4. The zero-order valence-electron chi connectivity index (χ0n) is 41.3. The number of nitrogens with zero attached hydrogens (tertiary/aromatic N) is 10. The number of rotatable bonds is 22. The number of hydrogen-bond donors (Lipinski definition) is 13. The summed E-state index contributed by atoms with van der Waals surface area (Å²) in [7, 11) is -21.0. The first-order valence-corrected chi connectivity index (χ1v) is 29.2. The van der Waals surface area contributed by atoms with E-state index in [0.29, 0.717) is 0 Å². The number of nitrogens with two attached hydrogens (primary N) is 3. The van der Waals surface area contributed by atoms with E-state index >= 15 is 0 Å². The molecule has 438 valence electrons. The molecule has 0 aliphatic carbocycles. The van der Waals surface area contributed by atoms with Crippen LogP contribution in [-0.4, -0.2) is 177 Å². The van der Waals surface area contributed by atoms with Crippen LogP contribution in [-0.2, 0) is 75.8 Å². The Morgan fingerprint density at radius 3 is 2.01 bits per heavy atom. The van der Waals surface area contributed by atoms with E-state index in [1.54, 1.807) is 6.92 Å². The van der Waals surface area contributed by atoms with Crippen molar-refractivity contribution in [2.75, 3.05) is 50.7 Å². The second-order valence-electron chi connectivity index (χ2n) is 17.8. The van der Waals surface area contributed by atoms with E-state index in [1.165, 1.54) is 27.1 Å². The molecule has 6 aromatic heterocycles. The topological polar surface area (TPSA) is 571 Å². The minimum atomic E-state index is -6.24. The number of nitrogen functional groups attached to an aromatic ring is 3. The Morgan fingerprint density at radius 2 is 1.34 bits per heavy atom. The zero-order valence-corrected chi connectivity index (χ0v) is 44.9. The van der Waals surface area contributed by atoms with Gasteiger partial charge in [0, 0.05) is 26.0 Å². The maximum Gasteiger partial charge on any atom is 0.490 e. The molecule has 16 atom stereocenters. The largest absolute Gasteiger partial charge is 0.490 e. The average Bonchev–Trinajstić information content (AvgIpc) is 4.25. The van der Waals surface area contributed by atoms with Crippen molar-refractivity contribution in [2.45, 2.75) is 80.9 Å². The standard InChI is InChI=1S/C36H50N16O24P4/c1-4-40-17(53)5-13-14(71-32(21(13)54)52-12-49(2)20-29(52)46-36(39)48-31(20)58)6-69-78(61,62)75-80(65,66)76-79(63,64)70-8-16-24(25(67-3)34(73-16)50-10-43-18-26(37)41-9-42-27(18)50)74-77(59,60)68-7-15-22(55)23(56)33(72-15)51-11-44-19-28(51)45-35(38)47-30(19)57/h9-16,21-25,32-34,54-56H,4-8H2,1-3H3,(H12-,37,38,39,40,41,42,45,46,47,48,53,57,58,59,60,61,62,63,64,65,66)/p+1/t13-,14-,15-,16-,21-,22-,23-,24-,25-,32-,33-,34-/m1/s1. The van der Waals surface area contributed by atoms with Gasteiger partial charge in [-0.1, -0.05) is 4.98 Å². The molecule has 0 radical (unpaired) electrons. The van der Waals surface area contributed by atoms with Gasteiger partial charge in [0.25, 0.3) is 17.1 Å². The highest BCUT2D eigenvalue weighted by molar-refractivity contribution is 7.66. The number of aliphatic hydroxyl groups is 3. The third-order valence-corrected chi connectivity index (χ3v) is 17.8. The predicted molar refractivity (Wildman–Crippen MR) is 260 cm³/mol. The molecule has 0 spiro atoms. The summed E-state index contributed by atoms with van der Waals surface area (Å²) in [5.74, 6) is -2.56. The lowest BCUT2D eigenvalue weighted by Crippen LogP contribution is -2.45. The van der Waals surface area contributed by atoms with Crippen LogP contribution >= 0.6 is 31.3 Å². The number of fused-ring (bicyclic) bond motifs is 3. The summed E-state index contributed by atoms with van der Waals surface area (Å²) < 4.78 is 111. The van der Waals surface area contributed by atoms with Gasteiger partial charge in [-0.05, 0) is 6.92 Å². The van der Waals surface area contributed by atoms with Crippen LogP contribution in [0.1, 0.15) is 32.0 Å². The zero-order chi connectivity index (χ0) is 58.0. The molecule has 80 heavy (non-hydrogen) atoms. The maximum atomic E-state index is 13.7. The summed E-state index contributed by atoms with van der Waals surface area (Å²) in [6.07, 6.45) is -14.0. The van der Waals surface area contributed by atoms with Crippen LogP contribution in [0.2, 0.25) is 0 Å². The average molecular weight is 1220 g/mol. The number of ether oxygens (including phenoxy) is 4. The van der Waals surface area contributed by atoms with Crippen molar-refractivity contribution in [3.8, 4) is 0 Å². The molecule has 0 saturated carbocycles. The van der Waals surface area contributed by atoms with Crippen LogP contribution in [0.5, 0.6) is 0 Å². The number of imidazole rings is 3. The number of aryl methyl sites for hydroxylation is 1. The van der Waals surface area contributed by atoms with E-state index in [9.17, 15) is 67.5 Å². The van der Waals surface area contributed by atoms with Gasteiger partial charge >= 0.3 is 36.9 Å².